The molecular weight excluding hydrogens is 478 g/mol. The second-order valence-corrected chi connectivity index (χ2v) is 9.95. The van der Waals surface area contributed by atoms with Crippen LogP contribution in [-0.4, -0.2) is 65.2 Å². The molecule has 3 heterocycles. The molecule has 8 nitrogen and oxygen atoms in total. The average molecular weight is 510 g/mol. The SMILES string of the molecule is O=C(NCc1ccc(CN2CCOCC2)cc1)C1CCCN(Cc2nc(-c3ccc(Cl)cc3)no2)C1. The quantitative estimate of drug-likeness (QED) is 0.495. The van der Waals surface area contributed by atoms with Crippen LogP contribution < -0.4 is 5.32 Å². The number of aromatic nitrogens is 2. The summed E-state index contributed by atoms with van der Waals surface area (Å²) < 4.78 is 10.9. The van der Waals surface area contributed by atoms with Crippen LogP contribution in [0.3, 0.4) is 0 Å². The van der Waals surface area contributed by atoms with Crippen LogP contribution in [0.25, 0.3) is 11.4 Å². The molecule has 190 valence electrons. The van der Waals surface area contributed by atoms with Crippen molar-refractivity contribution in [1.82, 2.24) is 25.3 Å². The number of piperidine rings is 1. The molecule has 1 aromatic heterocycles. The van der Waals surface area contributed by atoms with Crippen LogP contribution >= 0.6 is 11.6 Å². The summed E-state index contributed by atoms with van der Waals surface area (Å²) in [6.07, 6.45) is 1.85. The van der Waals surface area contributed by atoms with E-state index in [-0.39, 0.29) is 11.8 Å². The predicted octanol–water partition coefficient (Wildman–Crippen LogP) is 3.75. The first-order valence-electron chi connectivity index (χ1n) is 12.6. The van der Waals surface area contributed by atoms with Crippen molar-refractivity contribution in [3.63, 3.8) is 0 Å². The Balaban J connectivity index is 1.09. The lowest BCUT2D eigenvalue weighted by Gasteiger charge is -2.30. The minimum absolute atomic E-state index is 0.0435. The second kappa shape index (κ2) is 12.0. The molecule has 2 aromatic carbocycles. The van der Waals surface area contributed by atoms with Gasteiger partial charge in [0, 0.05) is 43.3 Å². The first-order valence-corrected chi connectivity index (χ1v) is 13.0. The number of hydrogen-bond donors (Lipinski definition) is 1. The van der Waals surface area contributed by atoms with E-state index in [0.29, 0.717) is 36.4 Å². The van der Waals surface area contributed by atoms with Crippen LogP contribution in [-0.2, 0) is 29.2 Å². The largest absolute Gasteiger partial charge is 0.379 e. The molecule has 0 aliphatic carbocycles. The number of amides is 1. The fourth-order valence-corrected chi connectivity index (χ4v) is 4.88. The van der Waals surface area contributed by atoms with Gasteiger partial charge in [0.15, 0.2) is 0 Å². The maximum Gasteiger partial charge on any atom is 0.241 e. The predicted molar refractivity (Wildman–Crippen MR) is 137 cm³/mol. The Hall–Kier alpha value is -2.78. The molecule has 36 heavy (non-hydrogen) atoms. The van der Waals surface area contributed by atoms with Crippen molar-refractivity contribution in [1.29, 1.82) is 0 Å². The van der Waals surface area contributed by atoms with Crippen LogP contribution in [0.5, 0.6) is 0 Å². The molecule has 1 unspecified atom stereocenters. The summed E-state index contributed by atoms with van der Waals surface area (Å²) in [4.78, 5) is 22.0. The van der Waals surface area contributed by atoms with Gasteiger partial charge in [-0.25, -0.2) is 0 Å². The van der Waals surface area contributed by atoms with Crippen LogP contribution in [0.1, 0.15) is 29.9 Å². The normalized spacial score (nSPS) is 19.3. The molecule has 2 aliphatic heterocycles. The molecule has 0 spiro atoms. The monoisotopic (exact) mass is 509 g/mol. The van der Waals surface area contributed by atoms with E-state index in [1.165, 1.54) is 5.56 Å². The highest BCUT2D eigenvalue weighted by atomic mass is 35.5. The van der Waals surface area contributed by atoms with E-state index in [2.05, 4.69) is 49.5 Å². The van der Waals surface area contributed by atoms with Crippen molar-refractivity contribution in [3.8, 4) is 11.4 Å². The maximum absolute atomic E-state index is 12.9. The fourth-order valence-electron chi connectivity index (χ4n) is 4.75. The zero-order valence-corrected chi connectivity index (χ0v) is 21.1. The zero-order valence-electron chi connectivity index (χ0n) is 20.4. The highest BCUT2D eigenvalue weighted by Gasteiger charge is 2.27. The molecule has 2 fully saturated rings. The summed E-state index contributed by atoms with van der Waals surface area (Å²) in [6.45, 7) is 7.18. The summed E-state index contributed by atoms with van der Waals surface area (Å²) >= 11 is 5.96. The highest BCUT2D eigenvalue weighted by molar-refractivity contribution is 6.30. The second-order valence-electron chi connectivity index (χ2n) is 9.52. The highest BCUT2D eigenvalue weighted by Crippen LogP contribution is 2.22. The molecular formula is C27H32ClN5O3. The third kappa shape index (κ3) is 6.70. The zero-order chi connectivity index (χ0) is 24.7. The van der Waals surface area contributed by atoms with E-state index in [9.17, 15) is 4.79 Å². The van der Waals surface area contributed by atoms with Gasteiger partial charge in [0.2, 0.25) is 17.6 Å². The Bertz CT molecular complexity index is 1130. The first kappa shape index (κ1) is 24.9. The number of rotatable bonds is 8. The molecule has 9 heteroatoms. The van der Waals surface area contributed by atoms with E-state index in [1.54, 1.807) is 12.1 Å². The molecule has 0 bridgehead atoms. The smallest absolute Gasteiger partial charge is 0.241 e. The van der Waals surface area contributed by atoms with E-state index in [4.69, 9.17) is 20.9 Å². The number of nitrogens with one attached hydrogen (secondary N) is 1. The lowest BCUT2D eigenvalue weighted by atomic mass is 9.97. The van der Waals surface area contributed by atoms with Crippen molar-refractivity contribution in [3.05, 3.63) is 70.6 Å². The molecule has 1 amide bonds. The number of nitrogens with zero attached hydrogens (tertiary/aromatic N) is 4. The first-order chi connectivity index (χ1) is 17.6. The van der Waals surface area contributed by atoms with Gasteiger partial charge in [0.25, 0.3) is 0 Å². The van der Waals surface area contributed by atoms with Gasteiger partial charge in [-0.2, -0.15) is 4.98 Å². The summed E-state index contributed by atoms with van der Waals surface area (Å²) in [7, 11) is 0. The average Bonchev–Trinajstić information content (AvgIpc) is 3.37. The van der Waals surface area contributed by atoms with Crippen molar-refractivity contribution in [2.75, 3.05) is 39.4 Å². The lowest BCUT2D eigenvalue weighted by molar-refractivity contribution is -0.127. The molecule has 2 aliphatic rings. The molecule has 1 N–H and O–H groups in total. The van der Waals surface area contributed by atoms with Gasteiger partial charge in [0.05, 0.1) is 25.7 Å². The number of hydrogen-bond acceptors (Lipinski definition) is 7. The summed E-state index contributed by atoms with van der Waals surface area (Å²) in [5.41, 5.74) is 3.26. The van der Waals surface area contributed by atoms with E-state index in [0.717, 1.165) is 63.4 Å². The number of ether oxygens (including phenoxy) is 1. The van der Waals surface area contributed by atoms with E-state index in [1.807, 2.05) is 12.1 Å². The number of likely N-dealkylation sites (tertiary alicyclic amines) is 1. The third-order valence-electron chi connectivity index (χ3n) is 6.81. The molecule has 0 saturated carbocycles. The van der Waals surface area contributed by atoms with Crippen molar-refractivity contribution in [2.24, 2.45) is 5.92 Å². The van der Waals surface area contributed by atoms with Crippen LogP contribution in [0.4, 0.5) is 0 Å². The molecule has 3 aromatic rings. The van der Waals surface area contributed by atoms with Crippen molar-refractivity contribution < 1.29 is 14.1 Å². The Morgan fingerprint density at radius 2 is 1.72 bits per heavy atom. The van der Waals surface area contributed by atoms with Gasteiger partial charge in [-0.3, -0.25) is 14.6 Å². The van der Waals surface area contributed by atoms with Gasteiger partial charge in [0.1, 0.15) is 0 Å². The topological polar surface area (TPSA) is 83.7 Å². The van der Waals surface area contributed by atoms with Gasteiger partial charge in [-0.05, 0) is 54.8 Å². The van der Waals surface area contributed by atoms with Gasteiger partial charge >= 0.3 is 0 Å². The third-order valence-corrected chi connectivity index (χ3v) is 7.06. The van der Waals surface area contributed by atoms with Crippen molar-refractivity contribution in [2.45, 2.75) is 32.5 Å². The van der Waals surface area contributed by atoms with Gasteiger partial charge in [-0.15, -0.1) is 0 Å². The van der Waals surface area contributed by atoms with Crippen molar-refractivity contribution >= 4 is 17.5 Å². The summed E-state index contributed by atoms with van der Waals surface area (Å²) in [6, 6.07) is 15.9. The summed E-state index contributed by atoms with van der Waals surface area (Å²) in [5, 5.41) is 7.89. The maximum atomic E-state index is 12.9. The van der Waals surface area contributed by atoms with E-state index >= 15 is 0 Å². The number of carbonyl (C=O) groups excluding carboxylic acids is 1. The number of benzene rings is 2. The fraction of sp³-hybridized carbons (Fsp3) is 0.444. The molecule has 5 rings (SSSR count). The van der Waals surface area contributed by atoms with E-state index < -0.39 is 0 Å². The van der Waals surface area contributed by atoms with Crippen LogP contribution in [0.2, 0.25) is 5.02 Å². The Labute approximate surface area is 216 Å². The molecule has 2 saturated heterocycles. The standard InChI is InChI=1S/C27H32ClN5O3/c28-24-9-7-22(8-10-24)26-30-25(36-31-26)19-33-11-1-2-23(18-33)27(34)29-16-20-3-5-21(6-4-20)17-32-12-14-35-15-13-32/h3-10,23H,1-2,11-19H2,(H,29,34). The lowest BCUT2D eigenvalue weighted by Crippen LogP contribution is -2.42. The molecule has 0 radical (unpaired) electrons. The van der Waals surface area contributed by atoms with Gasteiger partial charge in [-0.1, -0.05) is 41.0 Å². The van der Waals surface area contributed by atoms with Crippen LogP contribution in [0, 0.1) is 5.92 Å². The number of halogens is 1. The Morgan fingerprint density at radius 3 is 2.50 bits per heavy atom. The minimum Gasteiger partial charge on any atom is -0.379 e. The van der Waals surface area contributed by atoms with Crippen LogP contribution in [0.15, 0.2) is 53.1 Å². The molecule has 1 atom stereocenters. The number of morpholine rings is 1. The summed E-state index contributed by atoms with van der Waals surface area (Å²) in [5.74, 6) is 1.16. The Kier molecular flexibility index (Phi) is 8.28. The minimum atomic E-state index is -0.0435. The Morgan fingerprint density at radius 1 is 0.972 bits per heavy atom. The number of carbonyl (C=O) groups is 1. The van der Waals surface area contributed by atoms with Gasteiger partial charge < -0.3 is 14.6 Å².